The van der Waals surface area contributed by atoms with E-state index >= 15 is 0 Å². The molecule has 0 spiro atoms. The molecule has 0 bridgehead atoms. The average Bonchev–Trinajstić information content (AvgIpc) is 2.72. The van der Waals surface area contributed by atoms with Crippen LogP contribution >= 0.6 is 11.3 Å². The molecule has 0 saturated heterocycles. The summed E-state index contributed by atoms with van der Waals surface area (Å²) in [5.74, 6) is 0.402. The minimum absolute atomic E-state index is 0.653. The van der Waals surface area contributed by atoms with Crippen LogP contribution in [-0.2, 0) is 11.3 Å². The standard InChI is InChI=1S/C16H25NO2S/c1-12(2)8-17(9-13(3)4)10-15-7-14(11-20-15)5-6-16(18)19/h5-7,11-13H,8-10H2,1-4H3,(H,18,19). The third-order valence-electron chi connectivity index (χ3n) is 2.72. The quantitative estimate of drug-likeness (QED) is 0.738. The average molecular weight is 295 g/mol. The van der Waals surface area contributed by atoms with E-state index in [-0.39, 0.29) is 0 Å². The number of hydrogen-bond donors (Lipinski definition) is 1. The molecule has 4 heteroatoms. The van der Waals surface area contributed by atoms with Gasteiger partial charge < -0.3 is 5.11 Å². The molecule has 0 fully saturated rings. The maximum absolute atomic E-state index is 10.5. The molecule has 0 radical (unpaired) electrons. The molecule has 1 aromatic heterocycles. The fourth-order valence-corrected chi connectivity index (χ4v) is 3.09. The molecule has 1 N–H and O–H groups in total. The van der Waals surface area contributed by atoms with Gasteiger partial charge in [-0.1, -0.05) is 27.7 Å². The SMILES string of the molecule is CC(C)CN(Cc1cc(C=CC(=O)O)cs1)CC(C)C. The Balaban J connectivity index is 2.66. The number of nitrogens with zero attached hydrogens (tertiary/aromatic N) is 1. The van der Waals surface area contributed by atoms with E-state index in [4.69, 9.17) is 5.11 Å². The molecule has 1 rings (SSSR count). The number of aliphatic carboxylic acids is 1. The van der Waals surface area contributed by atoms with Crippen LogP contribution in [0.1, 0.15) is 38.1 Å². The molecule has 20 heavy (non-hydrogen) atoms. The Morgan fingerprint density at radius 2 is 1.90 bits per heavy atom. The summed E-state index contributed by atoms with van der Waals surface area (Å²) in [5.41, 5.74) is 0.974. The van der Waals surface area contributed by atoms with Crippen molar-refractivity contribution in [3.05, 3.63) is 28.0 Å². The second-order valence-corrected chi connectivity index (χ2v) is 7.00. The van der Waals surface area contributed by atoms with Crippen molar-refractivity contribution in [2.45, 2.75) is 34.2 Å². The lowest BCUT2D eigenvalue weighted by atomic mass is 10.1. The molecule has 3 nitrogen and oxygen atoms in total. The lowest BCUT2D eigenvalue weighted by molar-refractivity contribution is -0.131. The van der Waals surface area contributed by atoms with Crippen LogP contribution in [0.25, 0.3) is 6.08 Å². The molecule has 112 valence electrons. The third kappa shape index (κ3) is 6.87. The van der Waals surface area contributed by atoms with Gasteiger partial charge in [-0.3, -0.25) is 4.90 Å². The van der Waals surface area contributed by atoms with Crippen molar-refractivity contribution < 1.29 is 9.90 Å². The first-order chi connectivity index (χ1) is 9.36. The molecule has 1 heterocycles. The largest absolute Gasteiger partial charge is 0.478 e. The van der Waals surface area contributed by atoms with Crippen molar-refractivity contribution in [2.24, 2.45) is 11.8 Å². The van der Waals surface area contributed by atoms with E-state index in [1.54, 1.807) is 17.4 Å². The Labute approximate surface area is 125 Å². The Kier molecular flexibility index (Phi) is 6.96. The summed E-state index contributed by atoms with van der Waals surface area (Å²) in [6.07, 6.45) is 2.84. The van der Waals surface area contributed by atoms with Crippen LogP contribution < -0.4 is 0 Å². The minimum Gasteiger partial charge on any atom is -0.478 e. The molecule has 0 aliphatic heterocycles. The highest BCUT2D eigenvalue weighted by Gasteiger charge is 2.11. The van der Waals surface area contributed by atoms with Gasteiger partial charge in [0.05, 0.1) is 0 Å². The molecule has 0 aliphatic rings. The van der Waals surface area contributed by atoms with Crippen molar-refractivity contribution in [3.8, 4) is 0 Å². The molecule has 0 atom stereocenters. The minimum atomic E-state index is -0.904. The lowest BCUT2D eigenvalue weighted by Gasteiger charge is -2.25. The van der Waals surface area contributed by atoms with E-state index in [1.807, 2.05) is 5.38 Å². The third-order valence-corrected chi connectivity index (χ3v) is 3.66. The van der Waals surface area contributed by atoms with Gasteiger partial charge in [-0.2, -0.15) is 0 Å². The van der Waals surface area contributed by atoms with E-state index < -0.39 is 5.97 Å². The van der Waals surface area contributed by atoms with Gasteiger partial charge in [0.15, 0.2) is 0 Å². The first-order valence-electron chi connectivity index (χ1n) is 7.07. The zero-order chi connectivity index (χ0) is 15.1. The highest BCUT2D eigenvalue weighted by Crippen LogP contribution is 2.19. The Bertz CT molecular complexity index is 439. The first-order valence-corrected chi connectivity index (χ1v) is 7.95. The normalized spacial score (nSPS) is 12.2. The maximum Gasteiger partial charge on any atom is 0.328 e. The summed E-state index contributed by atoms with van der Waals surface area (Å²) in [5, 5.41) is 10.6. The van der Waals surface area contributed by atoms with Gasteiger partial charge in [-0.05, 0) is 34.9 Å². The summed E-state index contributed by atoms with van der Waals surface area (Å²) >= 11 is 1.70. The highest BCUT2D eigenvalue weighted by atomic mass is 32.1. The van der Waals surface area contributed by atoms with Crippen LogP contribution in [0.4, 0.5) is 0 Å². The molecule has 0 amide bonds. The van der Waals surface area contributed by atoms with Crippen molar-refractivity contribution in [1.82, 2.24) is 4.90 Å². The van der Waals surface area contributed by atoms with Gasteiger partial charge >= 0.3 is 5.97 Å². The first kappa shape index (κ1) is 16.9. The van der Waals surface area contributed by atoms with Crippen LogP contribution in [0, 0.1) is 11.8 Å². The number of carbonyl (C=O) groups is 1. The zero-order valence-electron chi connectivity index (χ0n) is 12.8. The summed E-state index contributed by atoms with van der Waals surface area (Å²) in [4.78, 5) is 14.3. The summed E-state index contributed by atoms with van der Waals surface area (Å²) in [6, 6.07) is 2.08. The van der Waals surface area contributed by atoms with Crippen molar-refractivity contribution in [3.63, 3.8) is 0 Å². The Hall–Kier alpha value is -1.13. The predicted molar refractivity (Wildman–Crippen MR) is 85.9 cm³/mol. The van der Waals surface area contributed by atoms with E-state index in [2.05, 4.69) is 38.7 Å². The van der Waals surface area contributed by atoms with Gasteiger partial charge in [0.1, 0.15) is 0 Å². The number of rotatable bonds is 8. The highest BCUT2D eigenvalue weighted by molar-refractivity contribution is 7.10. The van der Waals surface area contributed by atoms with Gasteiger partial charge in [-0.25, -0.2) is 4.79 Å². The van der Waals surface area contributed by atoms with Crippen LogP contribution in [0.5, 0.6) is 0 Å². The zero-order valence-corrected chi connectivity index (χ0v) is 13.6. The number of thiophene rings is 1. The fraction of sp³-hybridized carbons (Fsp3) is 0.562. The van der Waals surface area contributed by atoms with Crippen LogP contribution in [0.2, 0.25) is 0 Å². The second-order valence-electron chi connectivity index (χ2n) is 6.00. The van der Waals surface area contributed by atoms with E-state index in [9.17, 15) is 4.79 Å². The topological polar surface area (TPSA) is 40.5 Å². The maximum atomic E-state index is 10.5. The lowest BCUT2D eigenvalue weighted by Crippen LogP contribution is -2.30. The van der Waals surface area contributed by atoms with Crippen molar-refractivity contribution in [1.29, 1.82) is 0 Å². The Morgan fingerprint density at radius 3 is 2.40 bits per heavy atom. The van der Waals surface area contributed by atoms with E-state index in [1.165, 1.54) is 11.0 Å². The molecule has 0 saturated carbocycles. The fourth-order valence-electron chi connectivity index (χ4n) is 2.19. The van der Waals surface area contributed by atoms with Gasteiger partial charge in [0, 0.05) is 30.6 Å². The molecule has 0 aromatic carbocycles. The van der Waals surface area contributed by atoms with E-state index in [0.29, 0.717) is 11.8 Å². The van der Waals surface area contributed by atoms with E-state index in [0.717, 1.165) is 25.2 Å². The van der Waals surface area contributed by atoms with Gasteiger partial charge in [0.2, 0.25) is 0 Å². The molecule has 0 unspecified atom stereocenters. The molecule has 1 aromatic rings. The monoisotopic (exact) mass is 295 g/mol. The van der Waals surface area contributed by atoms with Crippen LogP contribution in [-0.4, -0.2) is 29.1 Å². The Morgan fingerprint density at radius 1 is 1.30 bits per heavy atom. The molecular formula is C16H25NO2S. The number of carboxylic acid groups (broad SMARTS) is 1. The number of hydrogen-bond acceptors (Lipinski definition) is 3. The van der Waals surface area contributed by atoms with Crippen LogP contribution in [0.15, 0.2) is 17.5 Å². The summed E-state index contributed by atoms with van der Waals surface area (Å²) in [6.45, 7) is 12.1. The smallest absolute Gasteiger partial charge is 0.328 e. The van der Waals surface area contributed by atoms with Gasteiger partial charge in [-0.15, -0.1) is 11.3 Å². The molecule has 0 aliphatic carbocycles. The molecular weight excluding hydrogens is 270 g/mol. The second kappa shape index (κ2) is 8.22. The van der Waals surface area contributed by atoms with Crippen molar-refractivity contribution >= 4 is 23.4 Å². The summed E-state index contributed by atoms with van der Waals surface area (Å²) in [7, 11) is 0. The predicted octanol–water partition coefficient (Wildman–Crippen LogP) is 3.96. The summed E-state index contributed by atoms with van der Waals surface area (Å²) < 4.78 is 0. The van der Waals surface area contributed by atoms with Crippen molar-refractivity contribution in [2.75, 3.05) is 13.1 Å². The van der Waals surface area contributed by atoms with Gasteiger partial charge in [0.25, 0.3) is 0 Å². The number of carboxylic acids is 1. The van der Waals surface area contributed by atoms with Crippen LogP contribution in [0.3, 0.4) is 0 Å².